The lowest BCUT2D eigenvalue weighted by Gasteiger charge is -2.38. The van der Waals surface area contributed by atoms with Crippen molar-refractivity contribution >= 4 is 23.9 Å². The van der Waals surface area contributed by atoms with E-state index in [1.165, 1.54) is 0 Å². The molecule has 0 atom stereocenters. The molecule has 0 saturated heterocycles. The van der Waals surface area contributed by atoms with Crippen LogP contribution in [0.1, 0.15) is 144 Å². The summed E-state index contributed by atoms with van der Waals surface area (Å²) in [5.41, 5.74) is -2.59. The van der Waals surface area contributed by atoms with E-state index in [-0.39, 0.29) is 38.3 Å². The molecule has 8 heteroatoms. The van der Waals surface area contributed by atoms with E-state index in [0.29, 0.717) is 25.7 Å². The first-order valence-corrected chi connectivity index (χ1v) is 16.9. The first kappa shape index (κ1) is 37.9. The molecule has 244 valence electrons. The van der Waals surface area contributed by atoms with E-state index >= 15 is 0 Å². The van der Waals surface area contributed by atoms with Gasteiger partial charge in [-0.05, 0) is 65.2 Å². The van der Waals surface area contributed by atoms with Gasteiger partial charge in [-0.3, -0.25) is 19.2 Å². The van der Waals surface area contributed by atoms with E-state index in [1.807, 2.05) is 0 Å². The van der Waals surface area contributed by atoms with Gasteiger partial charge < -0.3 is 18.9 Å². The molecule has 0 bridgehead atoms. The minimum absolute atomic E-state index is 0.144. The molecule has 1 rings (SSSR count). The Bertz CT molecular complexity index is 697. The summed E-state index contributed by atoms with van der Waals surface area (Å²) in [5.74, 6) is -1.61. The molecule has 1 fully saturated rings. The van der Waals surface area contributed by atoms with Gasteiger partial charge in [-0.25, -0.2) is 0 Å². The number of hydrogen-bond donors (Lipinski definition) is 0. The monoisotopic (exact) mass is 596 g/mol. The average molecular weight is 597 g/mol. The maximum atomic E-state index is 13.4. The van der Waals surface area contributed by atoms with Crippen LogP contribution in [0.5, 0.6) is 0 Å². The Kier molecular flexibility index (Phi) is 18.7. The maximum Gasteiger partial charge on any atom is 0.323 e. The summed E-state index contributed by atoms with van der Waals surface area (Å²) in [6.07, 6.45) is 12.5. The lowest BCUT2D eigenvalue weighted by Crippen LogP contribution is -2.45. The zero-order valence-electron chi connectivity index (χ0n) is 27.6. The third-order valence-corrected chi connectivity index (χ3v) is 8.82. The highest BCUT2D eigenvalue weighted by molar-refractivity contribution is 6.00. The summed E-state index contributed by atoms with van der Waals surface area (Å²) in [6, 6.07) is 0. The fraction of sp³-hybridized carbons (Fsp3) is 0.882. The quantitative estimate of drug-likeness (QED) is 0.0541. The lowest BCUT2D eigenvalue weighted by atomic mass is 9.66. The first-order valence-electron chi connectivity index (χ1n) is 16.9. The zero-order valence-corrected chi connectivity index (χ0v) is 27.6. The van der Waals surface area contributed by atoms with Gasteiger partial charge in [0.1, 0.15) is 0 Å². The topological polar surface area (TPSA) is 105 Å². The van der Waals surface area contributed by atoms with Crippen molar-refractivity contribution in [3.8, 4) is 0 Å². The molecule has 8 nitrogen and oxygen atoms in total. The van der Waals surface area contributed by atoms with Gasteiger partial charge in [0, 0.05) is 0 Å². The highest BCUT2D eigenvalue weighted by Gasteiger charge is 2.52. The van der Waals surface area contributed by atoms with Crippen LogP contribution in [0.15, 0.2) is 0 Å². The van der Waals surface area contributed by atoms with Crippen LogP contribution in [0.3, 0.4) is 0 Å². The SMILES string of the molecule is CCCCCCC(CC1CCC(CC(CCCCCC)(C(=O)OCC)C(=O)OCC)CC1)(C(=O)OCC)C(=O)OCC. The fourth-order valence-electron chi connectivity index (χ4n) is 6.52. The lowest BCUT2D eigenvalue weighted by molar-refractivity contribution is -0.177. The Morgan fingerprint density at radius 2 is 0.762 bits per heavy atom. The molecule has 0 heterocycles. The second-order valence-electron chi connectivity index (χ2n) is 12.0. The first-order chi connectivity index (χ1) is 20.2. The van der Waals surface area contributed by atoms with Gasteiger partial charge in [0.05, 0.1) is 26.4 Å². The molecule has 42 heavy (non-hydrogen) atoms. The van der Waals surface area contributed by atoms with Crippen molar-refractivity contribution in [3.63, 3.8) is 0 Å². The molecule has 0 unspecified atom stereocenters. The van der Waals surface area contributed by atoms with Gasteiger partial charge in [-0.15, -0.1) is 0 Å². The molecule has 0 radical (unpaired) electrons. The number of carbonyl (C=O) groups excluding carboxylic acids is 4. The molecule has 1 aliphatic rings. The van der Waals surface area contributed by atoms with Crippen molar-refractivity contribution in [2.24, 2.45) is 22.7 Å². The van der Waals surface area contributed by atoms with Crippen molar-refractivity contribution in [1.82, 2.24) is 0 Å². The van der Waals surface area contributed by atoms with Gasteiger partial charge in [-0.2, -0.15) is 0 Å². The summed E-state index contributed by atoms with van der Waals surface area (Å²) in [7, 11) is 0. The zero-order chi connectivity index (χ0) is 31.4. The molecular weight excluding hydrogens is 536 g/mol. The Morgan fingerprint density at radius 1 is 0.476 bits per heavy atom. The largest absolute Gasteiger partial charge is 0.465 e. The van der Waals surface area contributed by atoms with Gasteiger partial charge in [0.2, 0.25) is 0 Å². The Morgan fingerprint density at radius 3 is 1.00 bits per heavy atom. The molecular formula is C34H60O8. The molecule has 0 amide bonds. The number of ether oxygens (including phenoxy) is 4. The average Bonchev–Trinajstić information content (AvgIpc) is 2.97. The summed E-state index contributed by atoms with van der Waals surface area (Å²) in [4.78, 5) is 53.5. The molecule has 0 aromatic heterocycles. The third-order valence-electron chi connectivity index (χ3n) is 8.82. The Hall–Kier alpha value is -2.12. The van der Waals surface area contributed by atoms with E-state index in [2.05, 4.69) is 13.8 Å². The number of unbranched alkanes of at least 4 members (excludes halogenated alkanes) is 6. The predicted molar refractivity (Wildman–Crippen MR) is 164 cm³/mol. The summed E-state index contributed by atoms with van der Waals surface area (Å²) in [5, 5.41) is 0. The van der Waals surface area contributed by atoms with Crippen LogP contribution in [0.4, 0.5) is 0 Å². The second kappa shape index (κ2) is 20.7. The summed E-state index contributed by atoms with van der Waals surface area (Å²) >= 11 is 0. The van der Waals surface area contributed by atoms with Crippen LogP contribution in [-0.2, 0) is 38.1 Å². The van der Waals surface area contributed by atoms with Crippen LogP contribution >= 0.6 is 0 Å². The molecule has 0 spiro atoms. The highest BCUT2D eigenvalue weighted by Crippen LogP contribution is 2.46. The predicted octanol–water partition coefficient (Wildman–Crippen LogP) is 7.74. The van der Waals surface area contributed by atoms with Gasteiger partial charge in [0.15, 0.2) is 10.8 Å². The minimum Gasteiger partial charge on any atom is -0.465 e. The molecule has 0 N–H and O–H groups in total. The van der Waals surface area contributed by atoms with Crippen molar-refractivity contribution in [2.75, 3.05) is 26.4 Å². The molecule has 1 aliphatic carbocycles. The molecule has 0 aromatic rings. The number of hydrogen-bond acceptors (Lipinski definition) is 8. The van der Waals surface area contributed by atoms with Crippen LogP contribution in [0, 0.1) is 22.7 Å². The number of rotatable bonds is 22. The van der Waals surface area contributed by atoms with E-state index < -0.39 is 34.7 Å². The van der Waals surface area contributed by atoms with Crippen LogP contribution < -0.4 is 0 Å². The van der Waals surface area contributed by atoms with Crippen molar-refractivity contribution < 1.29 is 38.1 Å². The number of carbonyl (C=O) groups is 4. The molecule has 0 aromatic carbocycles. The summed E-state index contributed by atoms with van der Waals surface area (Å²) in [6.45, 7) is 12.2. The number of esters is 4. The molecule has 0 aliphatic heterocycles. The smallest absolute Gasteiger partial charge is 0.323 e. The van der Waals surface area contributed by atoms with Gasteiger partial charge in [0.25, 0.3) is 0 Å². The fourth-order valence-corrected chi connectivity index (χ4v) is 6.52. The van der Waals surface area contributed by atoms with Crippen molar-refractivity contribution in [2.45, 2.75) is 144 Å². The highest BCUT2D eigenvalue weighted by atomic mass is 16.6. The normalized spacial score (nSPS) is 17.4. The van der Waals surface area contributed by atoms with Crippen LogP contribution in [-0.4, -0.2) is 50.3 Å². The summed E-state index contributed by atoms with van der Waals surface area (Å²) < 4.78 is 21.9. The Labute approximate surface area is 255 Å². The third kappa shape index (κ3) is 11.2. The maximum absolute atomic E-state index is 13.4. The molecule has 1 saturated carbocycles. The van der Waals surface area contributed by atoms with E-state index in [4.69, 9.17) is 18.9 Å². The van der Waals surface area contributed by atoms with E-state index in [1.54, 1.807) is 27.7 Å². The Balaban J connectivity index is 3.15. The van der Waals surface area contributed by atoms with E-state index in [0.717, 1.165) is 77.0 Å². The van der Waals surface area contributed by atoms with Gasteiger partial charge >= 0.3 is 23.9 Å². The van der Waals surface area contributed by atoms with Crippen LogP contribution in [0.25, 0.3) is 0 Å². The van der Waals surface area contributed by atoms with Gasteiger partial charge in [-0.1, -0.05) is 90.9 Å². The van der Waals surface area contributed by atoms with E-state index in [9.17, 15) is 19.2 Å². The standard InChI is InChI=1S/C34H60O8/c1-7-13-15-17-23-33(29(35)39-9-3,30(36)40-10-4)25-27-19-21-28(22-20-27)26-34(31(37)41-11-5,32(38)42-12-6)24-18-16-14-8-2/h27-28H,7-26H2,1-6H3. The minimum atomic E-state index is -1.30. The second-order valence-corrected chi connectivity index (χ2v) is 12.0. The van der Waals surface area contributed by atoms with Crippen molar-refractivity contribution in [3.05, 3.63) is 0 Å². The van der Waals surface area contributed by atoms with Crippen molar-refractivity contribution in [1.29, 1.82) is 0 Å². The van der Waals surface area contributed by atoms with Crippen LogP contribution in [0.2, 0.25) is 0 Å².